The van der Waals surface area contributed by atoms with Gasteiger partial charge in [0.15, 0.2) is 5.82 Å². The molecule has 1 unspecified atom stereocenters. The van der Waals surface area contributed by atoms with Crippen molar-refractivity contribution in [3.63, 3.8) is 0 Å². The van der Waals surface area contributed by atoms with Crippen LogP contribution in [0.3, 0.4) is 0 Å². The summed E-state index contributed by atoms with van der Waals surface area (Å²) < 4.78 is 33.2. The van der Waals surface area contributed by atoms with E-state index in [-0.39, 0.29) is 24.1 Å². The number of fused-ring (bicyclic) bond motifs is 1. The number of aromatic nitrogens is 5. The Hall–Kier alpha value is -3.67. The Balaban J connectivity index is 1.09. The fourth-order valence-electron chi connectivity index (χ4n) is 5.05. The molecule has 194 valence electrons. The van der Waals surface area contributed by atoms with Gasteiger partial charge in [-0.2, -0.15) is 0 Å². The number of aryl methyl sites for hydroxylation is 1. The number of ether oxygens (including phenoxy) is 1. The monoisotopic (exact) mass is 510 g/mol. The van der Waals surface area contributed by atoms with E-state index < -0.39 is 6.43 Å². The van der Waals surface area contributed by atoms with Gasteiger partial charge in [-0.1, -0.05) is 17.3 Å². The summed E-state index contributed by atoms with van der Waals surface area (Å²) in [5, 5.41) is 20.0. The van der Waals surface area contributed by atoms with Crippen LogP contribution in [0, 0.1) is 12.8 Å². The summed E-state index contributed by atoms with van der Waals surface area (Å²) in [6.45, 7) is 5.03. The highest BCUT2D eigenvalue weighted by Crippen LogP contribution is 2.35. The molecular formula is C25H28F2N8O2. The second kappa shape index (κ2) is 9.66. The average Bonchev–Trinajstić information content (AvgIpc) is 3.70. The topological polar surface area (TPSA) is 101 Å². The molecule has 2 aliphatic heterocycles. The molecule has 3 aliphatic rings. The number of carbonyl (C=O) groups is 1. The van der Waals surface area contributed by atoms with Crippen LogP contribution < -0.4 is 15.0 Å². The predicted molar refractivity (Wildman–Crippen MR) is 130 cm³/mol. The van der Waals surface area contributed by atoms with E-state index in [9.17, 15) is 13.6 Å². The molecule has 2 saturated heterocycles. The van der Waals surface area contributed by atoms with E-state index in [4.69, 9.17) is 4.74 Å². The van der Waals surface area contributed by atoms with Gasteiger partial charge >= 0.3 is 0 Å². The number of nitrogens with zero attached hydrogens (tertiary/aromatic N) is 7. The van der Waals surface area contributed by atoms with Crippen LogP contribution in [0.2, 0.25) is 0 Å². The fourth-order valence-corrected chi connectivity index (χ4v) is 5.05. The molecule has 2 atom stereocenters. The largest absolute Gasteiger partial charge is 0.470 e. The van der Waals surface area contributed by atoms with Gasteiger partial charge in [-0.05, 0) is 43.9 Å². The minimum atomic E-state index is -2.53. The van der Waals surface area contributed by atoms with Gasteiger partial charge in [0.1, 0.15) is 18.3 Å². The molecule has 1 N–H and O–H groups in total. The smallest absolute Gasteiger partial charge is 0.263 e. The molecule has 6 rings (SSSR count). The molecule has 0 bridgehead atoms. The number of nitrogens with one attached hydrogen (secondary N) is 1. The van der Waals surface area contributed by atoms with Crippen molar-refractivity contribution in [1.82, 2.24) is 35.4 Å². The molecule has 1 amide bonds. The Labute approximate surface area is 212 Å². The lowest BCUT2D eigenvalue weighted by Gasteiger charge is -2.45. The van der Waals surface area contributed by atoms with Crippen molar-refractivity contribution in [2.45, 2.75) is 44.9 Å². The molecule has 1 aliphatic carbocycles. The normalized spacial score (nSPS) is 22.2. The van der Waals surface area contributed by atoms with Crippen LogP contribution in [0.25, 0.3) is 5.69 Å². The summed E-state index contributed by atoms with van der Waals surface area (Å²) in [5.41, 5.74) is 1.90. The van der Waals surface area contributed by atoms with E-state index in [2.05, 4.69) is 35.6 Å². The quantitative estimate of drug-likeness (QED) is 0.517. The molecule has 1 aromatic carbocycles. The lowest BCUT2D eigenvalue weighted by Crippen LogP contribution is -2.67. The van der Waals surface area contributed by atoms with Gasteiger partial charge in [-0.3, -0.25) is 9.69 Å². The standard InChI is InChI=1S/C25H28F2N8O2/c1-15-21(35(32-29-15)18-6-4-17(5-7-18)24(26)27)14-37-23-9-8-22(30-31-23)34-11-10-33-12-19(16-2-3-16)28-25(36)20(33)13-34/h4-9,16,19-20,24H,2-3,10-14H2,1H3,(H,28,36)/t19?,20-/m0/s1. The van der Waals surface area contributed by atoms with Crippen LogP contribution in [-0.4, -0.2) is 74.3 Å². The summed E-state index contributed by atoms with van der Waals surface area (Å²) in [5.74, 6) is 1.78. The summed E-state index contributed by atoms with van der Waals surface area (Å²) in [7, 11) is 0. The fraction of sp³-hybridized carbons (Fsp3) is 0.480. The Morgan fingerprint density at radius 3 is 2.57 bits per heavy atom. The summed E-state index contributed by atoms with van der Waals surface area (Å²) in [6, 6.07) is 9.60. The van der Waals surface area contributed by atoms with Crippen LogP contribution in [0.15, 0.2) is 36.4 Å². The van der Waals surface area contributed by atoms with Crippen LogP contribution in [0.5, 0.6) is 5.88 Å². The highest BCUT2D eigenvalue weighted by atomic mass is 19.3. The minimum absolute atomic E-state index is 0.0540. The van der Waals surface area contributed by atoms with Crippen molar-refractivity contribution < 1.29 is 18.3 Å². The van der Waals surface area contributed by atoms with Gasteiger partial charge in [0, 0.05) is 43.9 Å². The first-order chi connectivity index (χ1) is 18.0. The van der Waals surface area contributed by atoms with Gasteiger partial charge in [0.25, 0.3) is 6.43 Å². The third-order valence-corrected chi connectivity index (χ3v) is 7.40. The number of hydrogen-bond acceptors (Lipinski definition) is 8. The molecule has 3 fully saturated rings. The van der Waals surface area contributed by atoms with Gasteiger partial charge in [0.05, 0.1) is 11.4 Å². The second-order valence-electron chi connectivity index (χ2n) is 9.85. The molecule has 3 aromatic rings. The molecule has 12 heteroatoms. The number of alkyl halides is 2. The van der Waals surface area contributed by atoms with Crippen molar-refractivity contribution in [2.75, 3.05) is 31.1 Å². The van der Waals surface area contributed by atoms with Gasteiger partial charge in [-0.25, -0.2) is 13.5 Å². The SMILES string of the molecule is Cc1nnn(-c2ccc(C(F)F)cc2)c1COc1ccc(N2CCN3CC(C4CC4)NC(=O)[C@@H]3C2)nn1. The van der Waals surface area contributed by atoms with E-state index in [1.807, 2.05) is 6.07 Å². The van der Waals surface area contributed by atoms with Gasteiger partial charge in [-0.15, -0.1) is 15.3 Å². The van der Waals surface area contributed by atoms with Crippen LogP contribution in [0.1, 0.15) is 36.2 Å². The van der Waals surface area contributed by atoms with Crippen molar-refractivity contribution in [1.29, 1.82) is 0 Å². The zero-order chi connectivity index (χ0) is 25.5. The minimum Gasteiger partial charge on any atom is -0.470 e. The zero-order valence-electron chi connectivity index (χ0n) is 20.4. The Morgan fingerprint density at radius 1 is 1.05 bits per heavy atom. The molecule has 10 nitrogen and oxygen atoms in total. The summed E-state index contributed by atoms with van der Waals surface area (Å²) in [4.78, 5) is 17.1. The lowest BCUT2D eigenvalue weighted by molar-refractivity contribution is -0.131. The van der Waals surface area contributed by atoms with Crippen LogP contribution in [-0.2, 0) is 11.4 Å². The highest BCUT2D eigenvalue weighted by Gasteiger charge is 2.43. The number of benzene rings is 1. The number of hydrogen-bond donors (Lipinski definition) is 1. The first kappa shape index (κ1) is 23.7. The molecule has 0 spiro atoms. The van der Waals surface area contributed by atoms with Gasteiger partial charge < -0.3 is 15.0 Å². The van der Waals surface area contributed by atoms with Crippen molar-refractivity contribution >= 4 is 11.7 Å². The van der Waals surface area contributed by atoms with E-state index in [0.717, 1.165) is 19.6 Å². The lowest BCUT2D eigenvalue weighted by atomic mass is 10.0. The van der Waals surface area contributed by atoms with Crippen molar-refractivity contribution in [2.24, 2.45) is 5.92 Å². The maximum absolute atomic E-state index is 12.9. The first-order valence-electron chi connectivity index (χ1n) is 12.5. The Morgan fingerprint density at radius 2 is 1.86 bits per heavy atom. The summed E-state index contributed by atoms with van der Waals surface area (Å²) >= 11 is 0. The maximum atomic E-state index is 12.9. The number of halogens is 2. The van der Waals surface area contributed by atoms with Crippen molar-refractivity contribution in [3.8, 4) is 11.6 Å². The van der Waals surface area contributed by atoms with Crippen LogP contribution in [0.4, 0.5) is 14.6 Å². The predicted octanol–water partition coefficient (Wildman–Crippen LogP) is 2.28. The highest BCUT2D eigenvalue weighted by molar-refractivity contribution is 5.84. The van der Waals surface area contributed by atoms with E-state index in [0.29, 0.717) is 47.3 Å². The van der Waals surface area contributed by atoms with Crippen LogP contribution >= 0.6 is 0 Å². The molecule has 4 heterocycles. The number of amides is 1. The van der Waals surface area contributed by atoms with E-state index >= 15 is 0 Å². The molecule has 37 heavy (non-hydrogen) atoms. The molecule has 1 saturated carbocycles. The van der Waals surface area contributed by atoms with E-state index in [1.54, 1.807) is 29.8 Å². The third-order valence-electron chi connectivity index (χ3n) is 7.40. The molecule has 2 aromatic heterocycles. The number of carbonyl (C=O) groups excluding carboxylic acids is 1. The second-order valence-corrected chi connectivity index (χ2v) is 9.85. The maximum Gasteiger partial charge on any atom is 0.263 e. The number of piperazine rings is 2. The van der Waals surface area contributed by atoms with E-state index in [1.165, 1.54) is 25.0 Å². The summed E-state index contributed by atoms with van der Waals surface area (Å²) in [6.07, 6.45) is -0.0991. The Bertz CT molecular complexity index is 1260. The number of rotatable bonds is 7. The molecule has 0 radical (unpaired) electrons. The zero-order valence-corrected chi connectivity index (χ0v) is 20.4. The van der Waals surface area contributed by atoms with Crippen molar-refractivity contribution in [3.05, 3.63) is 53.3 Å². The Kier molecular flexibility index (Phi) is 6.19. The average molecular weight is 511 g/mol. The molecular weight excluding hydrogens is 482 g/mol. The van der Waals surface area contributed by atoms with Gasteiger partial charge in [0.2, 0.25) is 11.8 Å². The third kappa shape index (κ3) is 4.85. The first-order valence-corrected chi connectivity index (χ1v) is 12.5. The number of anilines is 1.